The normalized spacial score (nSPS) is 11.2. The minimum absolute atomic E-state index is 0.0191. The summed E-state index contributed by atoms with van der Waals surface area (Å²) in [5.74, 6) is -0.612. The van der Waals surface area contributed by atoms with Crippen LogP contribution in [-0.2, 0) is 9.84 Å². The second-order valence-electron chi connectivity index (χ2n) is 4.70. The molecule has 2 rings (SSSR count). The Labute approximate surface area is 132 Å². The highest BCUT2D eigenvalue weighted by Crippen LogP contribution is 2.25. The monoisotopic (exact) mass is 339 g/mol. The summed E-state index contributed by atoms with van der Waals surface area (Å²) in [6.45, 7) is 0.0191. The van der Waals surface area contributed by atoms with Gasteiger partial charge in [-0.05, 0) is 36.8 Å². The van der Waals surface area contributed by atoms with Crippen molar-refractivity contribution in [1.82, 2.24) is 0 Å². The molecule has 0 heterocycles. The van der Waals surface area contributed by atoms with Gasteiger partial charge in [-0.1, -0.05) is 12.1 Å². The molecule has 0 aliphatic carbocycles. The molecule has 122 valence electrons. The lowest BCUT2D eigenvalue weighted by molar-refractivity contribution is -0.385. The Bertz CT molecular complexity index is 790. The highest BCUT2D eigenvalue weighted by Gasteiger charge is 2.16. The van der Waals surface area contributed by atoms with Crippen molar-refractivity contribution in [2.45, 2.75) is 11.3 Å². The molecule has 0 bridgehead atoms. The molecule has 0 amide bonds. The smallest absolute Gasteiger partial charge is 0.310 e. The zero-order chi connectivity index (χ0) is 16.9. The Balaban J connectivity index is 1.93. The number of hydrogen-bond acceptors (Lipinski definition) is 5. The van der Waals surface area contributed by atoms with Crippen LogP contribution in [0.1, 0.15) is 6.42 Å². The molecule has 8 heteroatoms. The number of hydrogen-bond donors (Lipinski definition) is 0. The Morgan fingerprint density at radius 2 is 1.74 bits per heavy atom. The van der Waals surface area contributed by atoms with E-state index in [0.717, 1.165) is 12.1 Å². The number of para-hydroxylation sites is 2. The molecular formula is C15H14FNO5S. The van der Waals surface area contributed by atoms with Gasteiger partial charge in [0.05, 0.1) is 22.2 Å². The van der Waals surface area contributed by atoms with E-state index in [0.29, 0.717) is 0 Å². The molecule has 23 heavy (non-hydrogen) atoms. The molecule has 0 unspecified atom stereocenters. The molecular weight excluding hydrogens is 325 g/mol. The number of rotatable bonds is 7. The summed E-state index contributed by atoms with van der Waals surface area (Å²) in [4.78, 5) is 10.3. The van der Waals surface area contributed by atoms with Crippen LogP contribution < -0.4 is 4.74 Å². The van der Waals surface area contributed by atoms with E-state index in [-0.39, 0.29) is 35.1 Å². The molecule has 0 aromatic heterocycles. The fourth-order valence-electron chi connectivity index (χ4n) is 1.92. The molecule has 2 aromatic rings. The lowest BCUT2D eigenvalue weighted by Gasteiger charge is -2.07. The number of halogens is 1. The number of nitro groups is 1. The average molecular weight is 339 g/mol. The van der Waals surface area contributed by atoms with E-state index >= 15 is 0 Å². The molecule has 0 aliphatic heterocycles. The number of benzene rings is 2. The minimum atomic E-state index is -3.54. The summed E-state index contributed by atoms with van der Waals surface area (Å²) in [5, 5.41) is 10.8. The highest BCUT2D eigenvalue weighted by molar-refractivity contribution is 7.91. The maximum atomic E-state index is 12.8. The van der Waals surface area contributed by atoms with Crippen LogP contribution in [0.4, 0.5) is 10.1 Å². The van der Waals surface area contributed by atoms with Crippen LogP contribution in [-0.4, -0.2) is 25.7 Å². The van der Waals surface area contributed by atoms with Crippen LogP contribution in [0.3, 0.4) is 0 Å². The third-order valence-electron chi connectivity index (χ3n) is 3.05. The fourth-order valence-corrected chi connectivity index (χ4v) is 3.21. The predicted octanol–water partition coefficient (Wildman–Crippen LogP) is 2.98. The van der Waals surface area contributed by atoms with Crippen molar-refractivity contribution in [1.29, 1.82) is 0 Å². The van der Waals surface area contributed by atoms with E-state index in [9.17, 15) is 22.9 Å². The van der Waals surface area contributed by atoms with Gasteiger partial charge in [-0.15, -0.1) is 0 Å². The van der Waals surface area contributed by atoms with Gasteiger partial charge in [0.15, 0.2) is 15.6 Å². The molecule has 2 aromatic carbocycles. The zero-order valence-electron chi connectivity index (χ0n) is 12.0. The second-order valence-corrected chi connectivity index (χ2v) is 6.81. The predicted molar refractivity (Wildman–Crippen MR) is 81.7 cm³/mol. The summed E-state index contributed by atoms with van der Waals surface area (Å²) in [7, 11) is -3.54. The first-order valence-electron chi connectivity index (χ1n) is 6.75. The van der Waals surface area contributed by atoms with Crippen LogP contribution in [0.15, 0.2) is 53.4 Å². The summed E-state index contributed by atoms with van der Waals surface area (Å²) >= 11 is 0. The molecule has 0 atom stereocenters. The number of nitrogens with zero attached hydrogens (tertiary/aromatic N) is 1. The zero-order valence-corrected chi connectivity index (χ0v) is 12.8. The van der Waals surface area contributed by atoms with Crippen molar-refractivity contribution in [2.75, 3.05) is 12.4 Å². The summed E-state index contributed by atoms with van der Waals surface area (Å²) < 4.78 is 42.2. The molecule has 0 saturated heterocycles. The largest absolute Gasteiger partial charge is 0.487 e. The average Bonchev–Trinajstić information content (AvgIpc) is 2.52. The van der Waals surface area contributed by atoms with E-state index < -0.39 is 20.6 Å². The van der Waals surface area contributed by atoms with Gasteiger partial charge in [0.1, 0.15) is 5.82 Å². The Morgan fingerprint density at radius 3 is 2.39 bits per heavy atom. The van der Waals surface area contributed by atoms with Gasteiger partial charge in [0, 0.05) is 6.07 Å². The maximum absolute atomic E-state index is 12.8. The van der Waals surface area contributed by atoms with Gasteiger partial charge in [0.2, 0.25) is 0 Å². The van der Waals surface area contributed by atoms with Gasteiger partial charge in [-0.3, -0.25) is 10.1 Å². The molecule has 0 spiro atoms. The number of ether oxygens (including phenoxy) is 1. The lowest BCUT2D eigenvalue weighted by Crippen LogP contribution is -2.11. The van der Waals surface area contributed by atoms with Crippen molar-refractivity contribution in [3.63, 3.8) is 0 Å². The topological polar surface area (TPSA) is 86.5 Å². The van der Waals surface area contributed by atoms with E-state index in [4.69, 9.17) is 4.74 Å². The van der Waals surface area contributed by atoms with Gasteiger partial charge >= 0.3 is 5.69 Å². The van der Waals surface area contributed by atoms with E-state index in [1.165, 1.54) is 30.3 Å². The van der Waals surface area contributed by atoms with E-state index in [2.05, 4.69) is 0 Å². The highest BCUT2D eigenvalue weighted by atomic mass is 32.2. The Kier molecular flexibility index (Phi) is 5.28. The third-order valence-corrected chi connectivity index (χ3v) is 4.87. The molecule has 6 nitrogen and oxygen atoms in total. The van der Waals surface area contributed by atoms with Crippen LogP contribution in [0.5, 0.6) is 5.75 Å². The molecule has 0 N–H and O–H groups in total. The maximum Gasteiger partial charge on any atom is 0.310 e. The van der Waals surface area contributed by atoms with E-state index in [1.54, 1.807) is 6.07 Å². The van der Waals surface area contributed by atoms with Gasteiger partial charge < -0.3 is 4.74 Å². The summed E-state index contributed by atoms with van der Waals surface area (Å²) in [5.41, 5.74) is -0.172. The van der Waals surface area contributed by atoms with Gasteiger partial charge in [-0.25, -0.2) is 12.8 Å². The first kappa shape index (κ1) is 16.9. The quantitative estimate of drug-likeness (QED) is 0.335. The van der Waals surface area contributed by atoms with Crippen molar-refractivity contribution >= 4 is 15.5 Å². The first-order chi connectivity index (χ1) is 10.9. The van der Waals surface area contributed by atoms with Crippen molar-refractivity contribution in [3.05, 3.63) is 64.5 Å². The minimum Gasteiger partial charge on any atom is -0.487 e. The van der Waals surface area contributed by atoms with Crippen LogP contribution >= 0.6 is 0 Å². The van der Waals surface area contributed by atoms with Crippen molar-refractivity contribution < 1.29 is 22.5 Å². The SMILES string of the molecule is O=[N+]([O-])c1ccccc1OCCCS(=O)(=O)c1ccc(F)cc1. The molecule has 0 fully saturated rings. The third kappa shape index (κ3) is 4.49. The van der Waals surface area contributed by atoms with Crippen molar-refractivity contribution in [3.8, 4) is 5.75 Å². The second kappa shape index (κ2) is 7.19. The van der Waals surface area contributed by atoms with Crippen LogP contribution in [0, 0.1) is 15.9 Å². The van der Waals surface area contributed by atoms with Gasteiger partial charge in [-0.2, -0.15) is 0 Å². The Hall–Kier alpha value is -2.48. The summed E-state index contributed by atoms with van der Waals surface area (Å²) in [6, 6.07) is 10.4. The van der Waals surface area contributed by atoms with Crippen LogP contribution in [0.25, 0.3) is 0 Å². The first-order valence-corrected chi connectivity index (χ1v) is 8.40. The standard InChI is InChI=1S/C15H14FNO5S/c16-12-6-8-13(9-7-12)23(20,21)11-3-10-22-15-5-2-1-4-14(15)17(18)19/h1-2,4-9H,3,10-11H2. The fraction of sp³-hybridized carbons (Fsp3) is 0.200. The van der Waals surface area contributed by atoms with Gasteiger partial charge in [0.25, 0.3) is 0 Å². The number of nitro benzene ring substituents is 1. The van der Waals surface area contributed by atoms with E-state index in [1.807, 2.05) is 0 Å². The molecule has 0 radical (unpaired) electrons. The molecule has 0 aliphatic rings. The number of sulfone groups is 1. The summed E-state index contributed by atoms with van der Waals surface area (Å²) in [6.07, 6.45) is 0.158. The molecule has 0 saturated carbocycles. The van der Waals surface area contributed by atoms with Crippen molar-refractivity contribution in [2.24, 2.45) is 0 Å². The lowest BCUT2D eigenvalue weighted by atomic mass is 10.3. The Morgan fingerprint density at radius 1 is 1.09 bits per heavy atom. The van der Waals surface area contributed by atoms with Crippen LogP contribution in [0.2, 0.25) is 0 Å².